The van der Waals surface area contributed by atoms with Gasteiger partial charge in [0.1, 0.15) is 0 Å². The summed E-state index contributed by atoms with van der Waals surface area (Å²) in [4.78, 5) is 0. The Morgan fingerprint density at radius 1 is 1.14 bits per heavy atom. The molecule has 0 unspecified atom stereocenters. The summed E-state index contributed by atoms with van der Waals surface area (Å²) in [6.07, 6.45) is 0. The van der Waals surface area contributed by atoms with Crippen LogP contribution < -0.4 is 31.4 Å². The molecule has 0 saturated heterocycles. The Balaban J connectivity index is -0.0000000480. The maximum Gasteiger partial charge on any atom is 0.282 e. The topological polar surface area (TPSA) is 89.4 Å². The van der Waals surface area contributed by atoms with Crippen LogP contribution in [0.15, 0.2) is 0 Å². The van der Waals surface area contributed by atoms with Gasteiger partial charge >= 0.3 is 0 Å². The molecular formula is CH4INiO4-. The minimum Gasteiger partial charge on any atom is -0.427 e. The second-order valence-electron chi connectivity index (χ2n) is 0.189. The summed E-state index contributed by atoms with van der Waals surface area (Å²) in [5, 5.41) is 7.00. The van der Waals surface area contributed by atoms with Crippen molar-refractivity contribution in [2.24, 2.45) is 0 Å². The van der Waals surface area contributed by atoms with Crippen LogP contribution in [0.4, 0.5) is 0 Å². The number of hydrogen-bond donors (Lipinski definition) is 1. The van der Waals surface area contributed by atoms with E-state index in [0.717, 1.165) is 7.11 Å². The molecule has 0 atom stereocenters. The van der Waals surface area contributed by atoms with Crippen molar-refractivity contribution in [1.29, 1.82) is 0 Å². The first-order valence-electron chi connectivity index (χ1n) is 0.910. The molecule has 4 nitrogen and oxygen atoms in total. The first-order valence-corrected chi connectivity index (χ1v) is 3.55. The smallest absolute Gasteiger partial charge is 0.282 e. The van der Waals surface area contributed by atoms with Gasteiger partial charge in [-0.1, -0.05) is 0 Å². The molecule has 0 aromatic heterocycles. The Labute approximate surface area is 60.1 Å². The van der Waals surface area contributed by atoms with E-state index in [9.17, 15) is 0 Å². The van der Waals surface area contributed by atoms with E-state index in [4.69, 9.17) is 15.4 Å². The van der Waals surface area contributed by atoms with Gasteiger partial charge in [-0.15, -0.1) is 0 Å². The van der Waals surface area contributed by atoms with Crippen molar-refractivity contribution in [3.63, 3.8) is 0 Å². The van der Waals surface area contributed by atoms with Crippen LogP contribution in [0.5, 0.6) is 0 Å². The second-order valence-corrected chi connectivity index (χ2v) is 1.27. The van der Waals surface area contributed by atoms with E-state index in [0.29, 0.717) is 0 Å². The molecule has 6 heteroatoms. The van der Waals surface area contributed by atoms with Crippen molar-refractivity contribution in [3.05, 3.63) is 0 Å². The maximum atomic E-state index is 8.57. The molecular weight excluding hydrogens is 262 g/mol. The maximum absolute atomic E-state index is 8.57. The molecule has 50 valence electrons. The number of hydrogen-bond acceptors (Lipinski definition) is 4. The van der Waals surface area contributed by atoms with Gasteiger partial charge in [0.25, 0.3) is 21.1 Å². The fourth-order valence-corrected chi connectivity index (χ4v) is 0. The zero-order chi connectivity index (χ0) is 5.58. The van der Waals surface area contributed by atoms with Gasteiger partial charge in [-0.2, -0.15) is 0 Å². The Morgan fingerprint density at radius 3 is 1.14 bits per heavy atom. The predicted octanol–water partition coefficient (Wildman–Crippen LogP) is -6.96. The van der Waals surface area contributed by atoms with Gasteiger partial charge in [-0.25, -0.2) is 0 Å². The molecule has 0 aromatic rings. The summed E-state index contributed by atoms with van der Waals surface area (Å²) < 4.78 is 25.7. The fourth-order valence-electron chi connectivity index (χ4n) is 0. The fraction of sp³-hybridized carbons (Fsp3) is 1.00. The summed E-state index contributed by atoms with van der Waals surface area (Å²) in [6, 6.07) is 0. The Morgan fingerprint density at radius 2 is 1.14 bits per heavy atom. The van der Waals surface area contributed by atoms with Gasteiger partial charge in [0.2, 0.25) is 0 Å². The van der Waals surface area contributed by atoms with Crippen LogP contribution in [0.2, 0.25) is 0 Å². The van der Waals surface area contributed by atoms with Gasteiger partial charge in [0.15, 0.2) is 0 Å². The largest absolute Gasteiger partial charge is 0.427 e. The van der Waals surface area contributed by atoms with Crippen molar-refractivity contribution >= 4 is 0 Å². The number of aliphatic hydroxyl groups excluding tert-OH is 1. The van der Waals surface area contributed by atoms with Crippen LogP contribution >= 0.6 is 0 Å². The van der Waals surface area contributed by atoms with Crippen molar-refractivity contribution in [3.8, 4) is 0 Å². The average Bonchev–Trinajstić information content (AvgIpc) is 1.41. The van der Waals surface area contributed by atoms with Gasteiger partial charge in [-0.05, 0) is 0 Å². The number of aliphatic hydroxyl groups is 1. The molecule has 0 aliphatic carbocycles. The molecule has 7 heavy (non-hydrogen) atoms. The normalized spacial score (nSPS) is 6.00. The molecule has 0 fully saturated rings. The first kappa shape index (κ1) is 15.7. The predicted molar refractivity (Wildman–Crippen MR) is 8.14 cm³/mol. The third-order valence-corrected chi connectivity index (χ3v) is 0. The summed E-state index contributed by atoms with van der Waals surface area (Å²) in [7, 11) is 1.00. The van der Waals surface area contributed by atoms with Crippen LogP contribution in [-0.4, -0.2) is 12.2 Å². The van der Waals surface area contributed by atoms with Crippen molar-refractivity contribution in [2.75, 3.05) is 7.11 Å². The number of rotatable bonds is 0. The molecule has 0 radical (unpaired) electrons. The Kier molecular flexibility index (Phi) is 35.3. The van der Waals surface area contributed by atoms with E-state index >= 15 is 0 Å². The van der Waals surface area contributed by atoms with Crippen LogP contribution in [0.1, 0.15) is 0 Å². The summed E-state index contributed by atoms with van der Waals surface area (Å²) in [6.45, 7) is 0. The second kappa shape index (κ2) is 15.7. The molecule has 0 bridgehead atoms. The van der Waals surface area contributed by atoms with Gasteiger partial charge < -0.3 is 15.4 Å². The van der Waals surface area contributed by atoms with Crippen molar-refractivity contribution in [1.82, 2.24) is 0 Å². The molecule has 0 aromatic carbocycles. The van der Waals surface area contributed by atoms with Crippen LogP contribution in [0.25, 0.3) is 0 Å². The molecule has 0 saturated carbocycles. The minimum absolute atomic E-state index is 0. The third-order valence-electron chi connectivity index (χ3n) is 0. The van der Waals surface area contributed by atoms with E-state index in [2.05, 4.69) is 0 Å². The SMILES string of the molecule is CO.[Ni].[O-][I+2]([O-])[O-]. The minimum atomic E-state index is -4.01. The quantitative estimate of drug-likeness (QED) is 0.348. The van der Waals surface area contributed by atoms with Gasteiger partial charge in [-0.3, -0.25) is 0 Å². The molecule has 0 rings (SSSR count). The number of halogens is 1. The molecule has 0 heterocycles. The molecule has 1 N–H and O–H groups in total. The van der Waals surface area contributed by atoms with E-state index < -0.39 is 21.1 Å². The zero-order valence-corrected chi connectivity index (χ0v) is 6.51. The van der Waals surface area contributed by atoms with Crippen LogP contribution in [0, 0.1) is 0 Å². The molecule has 0 aliphatic rings. The molecule has 0 amide bonds. The Bertz CT molecular complexity index is 16.4. The average molecular weight is 266 g/mol. The first-order chi connectivity index (χ1) is 2.73. The van der Waals surface area contributed by atoms with E-state index in [1.54, 1.807) is 0 Å². The van der Waals surface area contributed by atoms with Gasteiger partial charge in [0, 0.05) is 23.6 Å². The summed E-state index contributed by atoms with van der Waals surface area (Å²) >= 11 is -4.01. The van der Waals surface area contributed by atoms with Crippen molar-refractivity contribution < 1.29 is 53.0 Å². The molecule has 0 spiro atoms. The van der Waals surface area contributed by atoms with E-state index in [1.807, 2.05) is 0 Å². The Hall–Kier alpha value is 1.06. The van der Waals surface area contributed by atoms with Gasteiger partial charge in [0.05, 0.1) is 0 Å². The molecule has 0 aliphatic heterocycles. The zero-order valence-electron chi connectivity index (χ0n) is 3.37. The summed E-state index contributed by atoms with van der Waals surface area (Å²) in [5.41, 5.74) is 0. The van der Waals surface area contributed by atoms with Crippen LogP contribution in [-0.2, 0) is 16.5 Å². The van der Waals surface area contributed by atoms with Crippen molar-refractivity contribution in [2.45, 2.75) is 0 Å². The standard InChI is InChI=1S/CH4O.IO3.Ni/c1-2;2-1(3)4;/h2H,1H3;;/q;-1;. The third kappa shape index (κ3) is 160. The van der Waals surface area contributed by atoms with Crippen LogP contribution in [0.3, 0.4) is 0 Å². The van der Waals surface area contributed by atoms with E-state index in [-0.39, 0.29) is 16.5 Å². The van der Waals surface area contributed by atoms with E-state index in [1.165, 1.54) is 0 Å². The summed E-state index contributed by atoms with van der Waals surface area (Å²) in [5.74, 6) is 0. The monoisotopic (exact) mass is 265 g/mol.